The van der Waals surface area contributed by atoms with Crippen LogP contribution in [-0.4, -0.2) is 71.2 Å². The number of hydrogen-bond donors (Lipinski definition) is 1. The third-order valence-corrected chi connectivity index (χ3v) is 7.53. The number of morpholine rings is 2. The van der Waals surface area contributed by atoms with Crippen molar-refractivity contribution in [2.75, 3.05) is 62.8 Å². The van der Waals surface area contributed by atoms with Crippen LogP contribution in [0.5, 0.6) is 0 Å². The fourth-order valence-electron chi connectivity index (χ4n) is 3.70. The van der Waals surface area contributed by atoms with Gasteiger partial charge in [0.05, 0.1) is 42.7 Å². The van der Waals surface area contributed by atoms with E-state index in [1.807, 2.05) is 6.92 Å². The Labute approximate surface area is 165 Å². The van der Waals surface area contributed by atoms with Crippen molar-refractivity contribution in [1.29, 1.82) is 0 Å². The van der Waals surface area contributed by atoms with Crippen molar-refractivity contribution in [2.24, 2.45) is 11.8 Å². The number of nitrogens with one attached hydrogen (secondary N) is 1. The first-order valence-electron chi connectivity index (χ1n) is 9.82. The fourth-order valence-corrected chi connectivity index (χ4v) is 5.14. The van der Waals surface area contributed by atoms with E-state index in [-0.39, 0.29) is 16.7 Å². The highest BCUT2D eigenvalue weighted by Crippen LogP contribution is 2.39. The van der Waals surface area contributed by atoms with Crippen LogP contribution >= 0.6 is 0 Å². The van der Waals surface area contributed by atoms with Crippen LogP contribution < -0.4 is 10.2 Å². The van der Waals surface area contributed by atoms with Gasteiger partial charge in [-0.25, -0.2) is 8.42 Å². The average Bonchev–Trinajstić information content (AvgIpc) is 3.46. The average molecular weight is 410 g/mol. The van der Waals surface area contributed by atoms with Gasteiger partial charge in [0.15, 0.2) is 0 Å². The number of benzene rings is 1. The van der Waals surface area contributed by atoms with Gasteiger partial charge in [-0.3, -0.25) is 4.79 Å². The molecule has 2 unspecified atom stereocenters. The van der Waals surface area contributed by atoms with Crippen LogP contribution in [0.2, 0.25) is 0 Å². The second-order valence-electron chi connectivity index (χ2n) is 7.60. The van der Waals surface area contributed by atoms with Crippen LogP contribution in [0.25, 0.3) is 0 Å². The maximum Gasteiger partial charge on any atom is 0.243 e. The smallest absolute Gasteiger partial charge is 0.243 e. The quantitative estimate of drug-likeness (QED) is 0.785. The van der Waals surface area contributed by atoms with E-state index in [1.165, 1.54) is 4.31 Å². The zero-order valence-electron chi connectivity index (χ0n) is 16.1. The number of carbonyl (C=O) groups excluding carboxylic acids is 1. The molecule has 1 aliphatic carbocycles. The van der Waals surface area contributed by atoms with Gasteiger partial charge in [0.1, 0.15) is 0 Å². The minimum atomic E-state index is -3.62. The Hall–Kier alpha value is -1.68. The van der Waals surface area contributed by atoms with Gasteiger partial charge in [-0.2, -0.15) is 4.31 Å². The molecule has 2 atom stereocenters. The van der Waals surface area contributed by atoms with Crippen LogP contribution in [0.4, 0.5) is 11.4 Å². The first-order valence-corrected chi connectivity index (χ1v) is 11.3. The fraction of sp³-hybridized carbons (Fsp3) is 0.632. The normalized spacial score (nSPS) is 26.1. The van der Waals surface area contributed by atoms with Gasteiger partial charge in [0.25, 0.3) is 0 Å². The number of amides is 1. The molecule has 1 aromatic rings. The summed E-state index contributed by atoms with van der Waals surface area (Å²) >= 11 is 0. The summed E-state index contributed by atoms with van der Waals surface area (Å²) in [4.78, 5) is 14.9. The number of sulfonamides is 1. The second kappa shape index (κ2) is 7.98. The molecule has 0 radical (unpaired) electrons. The summed E-state index contributed by atoms with van der Waals surface area (Å²) in [5.74, 6) is 0.354. The Morgan fingerprint density at radius 2 is 1.68 bits per heavy atom. The second-order valence-corrected chi connectivity index (χ2v) is 9.54. The van der Waals surface area contributed by atoms with Crippen molar-refractivity contribution in [1.82, 2.24) is 4.31 Å². The molecule has 3 fully saturated rings. The third-order valence-electron chi connectivity index (χ3n) is 5.63. The van der Waals surface area contributed by atoms with E-state index in [1.54, 1.807) is 18.2 Å². The zero-order chi connectivity index (χ0) is 19.7. The zero-order valence-corrected chi connectivity index (χ0v) is 16.9. The summed E-state index contributed by atoms with van der Waals surface area (Å²) in [6.45, 7) is 6.16. The summed E-state index contributed by atoms with van der Waals surface area (Å²) < 4.78 is 38.2. The highest BCUT2D eigenvalue weighted by molar-refractivity contribution is 7.89. The highest BCUT2D eigenvalue weighted by Gasteiger charge is 2.39. The standard InChI is InChI=1S/C19H27N3O5S/c1-14-12-16(14)19(23)20-17-13-15(28(24,25)22-6-10-27-11-7-22)2-3-18(17)21-4-8-26-9-5-21/h2-3,13-14,16H,4-12H2,1H3,(H,20,23). The maximum absolute atomic E-state index is 13.0. The van der Waals surface area contributed by atoms with E-state index < -0.39 is 10.0 Å². The Bertz CT molecular complexity index is 832. The monoisotopic (exact) mass is 409 g/mol. The van der Waals surface area contributed by atoms with Gasteiger partial charge in [0, 0.05) is 32.1 Å². The van der Waals surface area contributed by atoms with Crippen molar-refractivity contribution in [2.45, 2.75) is 18.2 Å². The lowest BCUT2D eigenvalue weighted by Crippen LogP contribution is -2.40. The number of nitrogens with zero attached hydrogens (tertiary/aromatic N) is 2. The van der Waals surface area contributed by atoms with E-state index in [9.17, 15) is 13.2 Å². The molecule has 4 rings (SSSR count). The van der Waals surface area contributed by atoms with Gasteiger partial charge in [0.2, 0.25) is 15.9 Å². The van der Waals surface area contributed by atoms with Crippen LogP contribution in [0.1, 0.15) is 13.3 Å². The molecule has 1 saturated carbocycles. The molecule has 0 spiro atoms. The van der Waals surface area contributed by atoms with E-state index in [4.69, 9.17) is 9.47 Å². The molecule has 0 aromatic heterocycles. The van der Waals surface area contributed by atoms with Crippen molar-refractivity contribution < 1.29 is 22.7 Å². The molecule has 28 heavy (non-hydrogen) atoms. The van der Waals surface area contributed by atoms with Gasteiger partial charge < -0.3 is 19.7 Å². The summed E-state index contributed by atoms with van der Waals surface area (Å²) in [6.07, 6.45) is 0.879. The molecular weight excluding hydrogens is 382 g/mol. The van der Waals surface area contributed by atoms with E-state index in [0.717, 1.165) is 12.1 Å². The Morgan fingerprint density at radius 3 is 2.29 bits per heavy atom. The number of rotatable bonds is 5. The first kappa shape index (κ1) is 19.6. The SMILES string of the molecule is CC1CC1C(=O)Nc1cc(S(=O)(=O)N2CCOCC2)ccc1N1CCOCC1. The molecule has 3 aliphatic rings. The van der Waals surface area contributed by atoms with E-state index in [2.05, 4.69) is 10.2 Å². The summed E-state index contributed by atoms with van der Waals surface area (Å²) in [5.41, 5.74) is 1.39. The van der Waals surface area contributed by atoms with Crippen LogP contribution in [0, 0.1) is 11.8 Å². The maximum atomic E-state index is 13.0. The Kier molecular flexibility index (Phi) is 5.59. The predicted octanol–water partition coefficient (Wildman–Crippen LogP) is 1.14. The van der Waals surface area contributed by atoms with Crippen molar-refractivity contribution in [3.8, 4) is 0 Å². The van der Waals surface area contributed by atoms with Gasteiger partial charge in [-0.1, -0.05) is 6.92 Å². The van der Waals surface area contributed by atoms with E-state index in [0.29, 0.717) is 64.2 Å². The minimum Gasteiger partial charge on any atom is -0.379 e. The molecule has 1 aromatic carbocycles. The van der Waals surface area contributed by atoms with Gasteiger partial charge in [-0.15, -0.1) is 0 Å². The van der Waals surface area contributed by atoms with Crippen LogP contribution in [-0.2, 0) is 24.3 Å². The highest BCUT2D eigenvalue weighted by atomic mass is 32.2. The predicted molar refractivity (Wildman–Crippen MR) is 105 cm³/mol. The van der Waals surface area contributed by atoms with Gasteiger partial charge >= 0.3 is 0 Å². The van der Waals surface area contributed by atoms with Gasteiger partial charge in [-0.05, 0) is 30.5 Å². The lowest BCUT2D eigenvalue weighted by Gasteiger charge is -2.31. The Morgan fingerprint density at radius 1 is 1.07 bits per heavy atom. The number of hydrogen-bond acceptors (Lipinski definition) is 6. The summed E-state index contributed by atoms with van der Waals surface area (Å²) in [6, 6.07) is 5.02. The molecule has 2 aliphatic heterocycles. The Balaban J connectivity index is 1.64. The first-order chi connectivity index (χ1) is 13.5. The van der Waals surface area contributed by atoms with E-state index >= 15 is 0 Å². The van der Waals surface area contributed by atoms with Crippen molar-refractivity contribution in [3.63, 3.8) is 0 Å². The molecule has 154 valence electrons. The number of anilines is 2. The molecule has 1 N–H and O–H groups in total. The van der Waals surface area contributed by atoms with Crippen LogP contribution in [0.15, 0.2) is 23.1 Å². The minimum absolute atomic E-state index is 0.0112. The van der Waals surface area contributed by atoms with Crippen molar-refractivity contribution in [3.05, 3.63) is 18.2 Å². The molecule has 8 nitrogen and oxygen atoms in total. The molecule has 2 saturated heterocycles. The summed E-state index contributed by atoms with van der Waals surface area (Å²) in [5, 5.41) is 2.99. The lowest BCUT2D eigenvalue weighted by atomic mass is 10.2. The topological polar surface area (TPSA) is 88.2 Å². The molecule has 9 heteroatoms. The molecule has 1 amide bonds. The molecule has 2 heterocycles. The van der Waals surface area contributed by atoms with Crippen molar-refractivity contribution >= 4 is 27.3 Å². The largest absolute Gasteiger partial charge is 0.379 e. The lowest BCUT2D eigenvalue weighted by molar-refractivity contribution is -0.117. The molecule has 0 bridgehead atoms. The number of ether oxygens (including phenoxy) is 2. The molecular formula is C19H27N3O5S. The summed E-state index contributed by atoms with van der Waals surface area (Å²) in [7, 11) is -3.62. The van der Waals surface area contributed by atoms with Crippen LogP contribution in [0.3, 0.4) is 0 Å². The third kappa shape index (κ3) is 4.03. The number of carbonyl (C=O) groups is 1.